The Balaban J connectivity index is 1.94. The third-order valence-corrected chi connectivity index (χ3v) is 7.71. The van der Waals surface area contributed by atoms with Crippen LogP contribution < -0.4 is 9.61 Å². The van der Waals surface area contributed by atoms with Crippen LogP contribution in [-0.4, -0.2) is 29.7 Å². The quantitative estimate of drug-likeness (QED) is 0.281. The zero-order valence-corrected chi connectivity index (χ0v) is 19.2. The van der Waals surface area contributed by atoms with Gasteiger partial charge in [-0.2, -0.15) is 0 Å². The summed E-state index contributed by atoms with van der Waals surface area (Å²) in [5.74, 6) is -3.70. The van der Waals surface area contributed by atoms with Crippen molar-refractivity contribution < 1.29 is 32.9 Å². The summed E-state index contributed by atoms with van der Waals surface area (Å²) in [6, 6.07) is 12.9. The molecule has 0 bridgehead atoms. The second-order valence-electron chi connectivity index (χ2n) is 7.07. The van der Waals surface area contributed by atoms with Crippen LogP contribution in [0.4, 0.5) is 4.39 Å². The van der Waals surface area contributed by atoms with E-state index in [1.54, 1.807) is 24.3 Å². The monoisotopic (exact) mass is 479 g/mol. The van der Waals surface area contributed by atoms with Crippen molar-refractivity contribution >= 4 is 40.9 Å². The predicted molar refractivity (Wildman–Crippen MR) is 121 cm³/mol. The Morgan fingerprint density at radius 3 is 2.56 bits per heavy atom. The van der Waals surface area contributed by atoms with Crippen LogP contribution in [0, 0.1) is 0 Å². The van der Waals surface area contributed by atoms with Gasteiger partial charge in [0.1, 0.15) is 16.7 Å². The summed E-state index contributed by atoms with van der Waals surface area (Å²) in [6.07, 6.45) is 0.612. The predicted octanol–water partition coefficient (Wildman–Crippen LogP) is 5.77. The number of carbonyl (C=O) groups excluding carboxylic acids is 1. The fraction of sp³-hybridized carbons (Fsp3) is 0.273. The molecule has 0 aliphatic carbocycles. The number of carboxylic acid groups (broad SMARTS) is 1. The van der Waals surface area contributed by atoms with Crippen molar-refractivity contribution in [1.29, 1.82) is 0 Å². The average molecular weight is 479 g/mol. The first-order valence-electron chi connectivity index (χ1n) is 9.93. The zero-order chi connectivity index (χ0) is 23.3. The highest BCUT2D eigenvalue weighted by atomic mass is 32.1. The van der Waals surface area contributed by atoms with Gasteiger partial charge in [-0.3, -0.25) is 9.36 Å². The Morgan fingerprint density at radius 2 is 1.91 bits per heavy atom. The Hall–Kier alpha value is -2.74. The normalized spacial score (nSPS) is 15.0. The Bertz CT molecular complexity index is 1150. The summed E-state index contributed by atoms with van der Waals surface area (Å²) in [6.45, 7) is 3.45. The minimum atomic E-state index is -4.32. The number of hydrogen-bond acceptors (Lipinski definition) is 6. The number of rotatable bonds is 10. The number of nitrogens with one attached hydrogen (secondary N) is 1. The van der Waals surface area contributed by atoms with Gasteiger partial charge in [-0.05, 0) is 54.6 Å². The SMILES string of the molecule is CCCOC(=O)[C@H](C)N[P@@](=O)(Oc1ccccc1)[C@H](F)c1ccc2sc(C(=O)O)cc2c1. The molecular formula is C22H23FNO6PS. The number of carboxylic acids is 1. The molecule has 1 aromatic heterocycles. The van der Waals surface area contributed by atoms with Crippen molar-refractivity contribution in [2.75, 3.05) is 6.61 Å². The van der Waals surface area contributed by atoms with Gasteiger partial charge < -0.3 is 14.4 Å². The molecule has 10 heteroatoms. The third kappa shape index (κ3) is 5.54. The maximum absolute atomic E-state index is 15.7. The van der Waals surface area contributed by atoms with E-state index in [0.29, 0.717) is 16.5 Å². The minimum Gasteiger partial charge on any atom is -0.477 e. The van der Waals surface area contributed by atoms with Crippen LogP contribution >= 0.6 is 18.9 Å². The smallest absolute Gasteiger partial charge is 0.355 e. The van der Waals surface area contributed by atoms with Crippen LogP contribution in [0.2, 0.25) is 0 Å². The number of aromatic carboxylic acids is 1. The fourth-order valence-electron chi connectivity index (χ4n) is 2.94. The zero-order valence-electron chi connectivity index (χ0n) is 17.5. The summed E-state index contributed by atoms with van der Waals surface area (Å²) in [5.41, 5.74) is 0.0353. The molecule has 1 heterocycles. The van der Waals surface area contributed by atoms with E-state index in [1.165, 1.54) is 37.3 Å². The van der Waals surface area contributed by atoms with E-state index in [4.69, 9.17) is 9.26 Å². The van der Waals surface area contributed by atoms with E-state index in [1.807, 2.05) is 6.92 Å². The van der Waals surface area contributed by atoms with Crippen molar-refractivity contribution in [3.05, 3.63) is 65.0 Å². The first-order chi connectivity index (χ1) is 15.2. The molecule has 0 saturated carbocycles. The lowest BCUT2D eigenvalue weighted by Crippen LogP contribution is -2.35. The first-order valence-corrected chi connectivity index (χ1v) is 12.4. The van der Waals surface area contributed by atoms with Crippen molar-refractivity contribution in [3.63, 3.8) is 0 Å². The molecule has 0 fully saturated rings. The van der Waals surface area contributed by atoms with Gasteiger partial charge in [-0.1, -0.05) is 31.2 Å². The molecule has 170 valence electrons. The molecule has 7 nitrogen and oxygen atoms in total. The molecule has 0 radical (unpaired) electrons. The molecule has 3 rings (SSSR count). The van der Waals surface area contributed by atoms with Gasteiger partial charge in [0, 0.05) is 4.70 Å². The lowest BCUT2D eigenvalue weighted by molar-refractivity contribution is -0.145. The van der Waals surface area contributed by atoms with E-state index in [2.05, 4.69) is 5.09 Å². The summed E-state index contributed by atoms with van der Waals surface area (Å²) in [5, 5.41) is 12.2. The number of carbonyl (C=O) groups is 2. The summed E-state index contributed by atoms with van der Waals surface area (Å²) in [7, 11) is -4.32. The number of para-hydroxylation sites is 1. The van der Waals surface area contributed by atoms with Crippen LogP contribution in [0.25, 0.3) is 10.1 Å². The number of thiophene rings is 1. The summed E-state index contributed by atoms with van der Waals surface area (Å²) in [4.78, 5) is 23.5. The Labute approximate surface area is 188 Å². The number of alkyl halides is 1. The number of ether oxygens (including phenoxy) is 1. The van der Waals surface area contributed by atoms with E-state index >= 15 is 4.39 Å². The lowest BCUT2D eigenvalue weighted by Gasteiger charge is -2.26. The maximum Gasteiger partial charge on any atom is 0.355 e. The summed E-state index contributed by atoms with van der Waals surface area (Å²) < 4.78 is 40.7. The van der Waals surface area contributed by atoms with E-state index in [-0.39, 0.29) is 22.8 Å². The van der Waals surface area contributed by atoms with Gasteiger partial charge in [0.2, 0.25) is 5.91 Å². The number of benzene rings is 2. The van der Waals surface area contributed by atoms with Crippen molar-refractivity contribution in [1.82, 2.24) is 5.09 Å². The molecule has 0 amide bonds. The molecule has 0 aliphatic rings. The second kappa shape index (κ2) is 10.3. The van der Waals surface area contributed by atoms with E-state index < -0.39 is 31.4 Å². The molecule has 32 heavy (non-hydrogen) atoms. The standard InChI is InChI=1S/C22H23FNO6PS/c1-3-11-29-22(27)14(2)24-31(28,30-17-7-5-4-6-8-17)20(23)15-9-10-18-16(12-15)13-19(32-18)21(25)26/h4-10,12-14,20H,3,11H2,1-2H3,(H,24,28)(H,25,26)/t14-,20-,31-/m0/s1. The van der Waals surface area contributed by atoms with Crippen LogP contribution in [0.1, 0.15) is 41.4 Å². The highest BCUT2D eigenvalue weighted by Crippen LogP contribution is 2.58. The molecule has 0 saturated heterocycles. The van der Waals surface area contributed by atoms with Gasteiger partial charge in [0.15, 0.2) is 0 Å². The number of fused-ring (bicyclic) bond motifs is 1. The van der Waals surface area contributed by atoms with Gasteiger partial charge >= 0.3 is 19.5 Å². The lowest BCUT2D eigenvalue weighted by atomic mass is 10.2. The first kappa shape index (κ1) is 23.9. The van der Waals surface area contributed by atoms with Gasteiger partial charge in [-0.25, -0.2) is 14.3 Å². The van der Waals surface area contributed by atoms with Crippen molar-refractivity contribution in [2.45, 2.75) is 32.2 Å². The molecule has 2 aromatic carbocycles. The van der Waals surface area contributed by atoms with E-state index in [0.717, 1.165) is 11.3 Å². The van der Waals surface area contributed by atoms with Gasteiger partial charge in [-0.15, -0.1) is 11.3 Å². The van der Waals surface area contributed by atoms with Crippen LogP contribution in [0.3, 0.4) is 0 Å². The molecule has 3 aromatic rings. The number of esters is 1. The number of hydrogen-bond donors (Lipinski definition) is 2. The molecule has 0 aliphatic heterocycles. The topological polar surface area (TPSA) is 102 Å². The van der Waals surface area contributed by atoms with Crippen LogP contribution in [0.5, 0.6) is 5.75 Å². The molecule has 2 N–H and O–H groups in total. The Morgan fingerprint density at radius 1 is 1.19 bits per heavy atom. The average Bonchev–Trinajstić information content (AvgIpc) is 3.21. The van der Waals surface area contributed by atoms with E-state index in [9.17, 15) is 19.3 Å². The largest absolute Gasteiger partial charge is 0.477 e. The van der Waals surface area contributed by atoms with Crippen LogP contribution in [0.15, 0.2) is 54.6 Å². The second-order valence-corrected chi connectivity index (χ2v) is 10.2. The van der Waals surface area contributed by atoms with Crippen molar-refractivity contribution in [2.24, 2.45) is 0 Å². The highest BCUT2D eigenvalue weighted by Gasteiger charge is 2.40. The number of halogens is 1. The maximum atomic E-state index is 15.7. The molecule has 3 atom stereocenters. The molecule has 0 unspecified atom stereocenters. The summed E-state index contributed by atoms with van der Waals surface area (Å²) >= 11 is 1.06. The molecule has 0 spiro atoms. The fourth-order valence-corrected chi connectivity index (χ4v) is 5.73. The highest BCUT2D eigenvalue weighted by molar-refractivity contribution is 7.57. The molecular weight excluding hydrogens is 456 g/mol. The van der Waals surface area contributed by atoms with Crippen LogP contribution in [-0.2, 0) is 14.1 Å². The van der Waals surface area contributed by atoms with Crippen molar-refractivity contribution in [3.8, 4) is 5.75 Å². The van der Waals surface area contributed by atoms with Gasteiger partial charge in [0.25, 0.3) is 0 Å². The minimum absolute atomic E-state index is 0.0353. The van der Waals surface area contributed by atoms with Gasteiger partial charge in [0.05, 0.1) is 6.61 Å². The Kier molecular flexibility index (Phi) is 7.66. The third-order valence-electron chi connectivity index (χ3n) is 4.48.